The van der Waals surface area contributed by atoms with E-state index in [1.54, 1.807) is 7.05 Å². The number of fused-ring (bicyclic) bond motifs is 1. The predicted octanol–water partition coefficient (Wildman–Crippen LogP) is -0.0976. The minimum atomic E-state index is -0.488. The van der Waals surface area contributed by atoms with Gasteiger partial charge in [-0.05, 0) is 6.42 Å². The molecule has 0 unspecified atom stereocenters. The van der Waals surface area contributed by atoms with E-state index in [9.17, 15) is 9.59 Å². The second-order valence-corrected chi connectivity index (χ2v) is 3.45. The Morgan fingerprint density at radius 1 is 1.33 bits per heavy atom. The van der Waals surface area contributed by atoms with Crippen LogP contribution in [0.3, 0.4) is 0 Å². The standard InChI is InChI=1S/C9H12N4O2/c1-3-4-5-6-7(13(2)12-5)8(14)11-9(15)10-6/h3-4H2,1-2H3,(H2,10,11,14,15). The van der Waals surface area contributed by atoms with E-state index >= 15 is 0 Å². The van der Waals surface area contributed by atoms with Gasteiger partial charge in [0, 0.05) is 7.05 Å². The number of aryl methyl sites for hydroxylation is 2. The highest BCUT2D eigenvalue weighted by atomic mass is 16.2. The number of hydrogen-bond acceptors (Lipinski definition) is 3. The maximum Gasteiger partial charge on any atom is 0.326 e. The second kappa shape index (κ2) is 3.38. The van der Waals surface area contributed by atoms with Gasteiger partial charge in [-0.1, -0.05) is 13.3 Å². The fourth-order valence-corrected chi connectivity index (χ4v) is 1.69. The number of nitrogens with zero attached hydrogens (tertiary/aromatic N) is 2. The van der Waals surface area contributed by atoms with Crippen LogP contribution in [0.25, 0.3) is 11.0 Å². The molecular weight excluding hydrogens is 196 g/mol. The Balaban J connectivity index is 2.87. The summed E-state index contributed by atoms with van der Waals surface area (Å²) in [6, 6.07) is 0. The summed E-state index contributed by atoms with van der Waals surface area (Å²) in [4.78, 5) is 27.4. The lowest BCUT2D eigenvalue weighted by atomic mass is 10.2. The van der Waals surface area contributed by atoms with Gasteiger partial charge in [-0.3, -0.25) is 14.5 Å². The van der Waals surface area contributed by atoms with Crippen LogP contribution in [0.4, 0.5) is 0 Å². The van der Waals surface area contributed by atoms with Crippen molar-refractivity contribution in [1.29, 1.82) is 0 Å². The molecule has 2 heterocycles. The fourth-order valence-electron chi connectivity index (χ4n) is 1.69. The molecule has 2 N–H and O–H groups in total. The van der Waals surface area contributed by atoms with Gasteiger partial charge in [0.25, 0.3) is 5.56 Å². The first-order valence-corrected chi connectivity index (χ1v) is 4.81. The van der Waals surface area contributed by atoms with E-state index in [4.69, 9.17) is 0 Å². The van der Waals surface area contributed by atoms with Gasteiger partial charge in [0.2, 0.25) is 0 Å². The summed E-state index contributed by atoms with van der Waals surface area (Å²) in [6.07, 6.45) is 1.66. The van der Waals surface area contributed by atoms with Crippen molar-refractivity contribution in [2.24, 2.45) is 7.05 Å². The van der Waals surface area contributed by atoms with Crippen molar-refractivity contribution in [3.8, 4) is 0 Å². The molecule has 6 heteroatoms. The average molecular weight is 208 g/mol. The second-order valence-electron chi connectivity index (χ2n) is 3.45. The number of H-pyrrole nitrogens is 2. The highest BCUT2D eigenvalue weighted by Crippen LogP contribution is 2.11. The van der Waals surface area contributed by atoms with Crippen molar-refractivity contribution in [2.75, 3.05) is 0 Å². The molecule has 80 valence electrons. The molecule has 2 aromatic heterocycles. The molecular formula is C9H12N4O2. The molecule has 0 fully saturated rings. The lowest BCUT2D eigenvalue weighted by Crippen LogP contribution is -2.22. The smallest absolute Gasteiger partial charge is 0.304 e. The van der Waals surface area contributed by atoms with Crippen LogP contribution >= 0.6 is 0 Å². The molecule has 0 atom stereocenters. The monoisotopic (exact) mass is 208 g/mol. The SMILES string of the molecule is CCCc1nn(C)c2c(=O)[nH]c(=O)[nH]c12. The summed E-state index contributed by atoms with van der Waals surface area (Å²) >= 11 is 0. The van der Waals surface area contributed by atoms with Gasteiger partial charge in [0.15, 0.2) is 0 Å². The van der Waals surface area contributed by atoms with E-state index in [1.807, 2.05) is 6.92 Å². The minimum absolute atomic E-state index is 0.397. The molecule has 0 spiro atoms. The topological polar surface area (TPSA) is 83.5 Å². The zero-order valence-corrected chi connectivity index (χ0v) is 8.63. The minimum Gasteiger partial charge on any atom is -0.304 e. The Hall–Kier alpha value is -1.85. The Morgan fingerprint density at radius 2 is 2.07 bits per heavy atom. The number of nitrogens with one attached hydrogen (secondary N) is 2. The third-order valence-electron chi connectivity index (χ3n) is 2.29. The fraction of sp³-hybridized carbons (Fsp3) is 0.444. The highest BCUT2D eigenvalue weighted by molar-refractivity contribution is 5.76. The van der Waals surface area contributed by atoms with Crippen LogP contribution in [0, 0.1) is 0 Å². The molecule has 0 radical (unpaired) electrons. The number of rotatable bonds is 2. The van der Waals surface area contributed by atoms with Crippen LogP contribution in [0.5, 0.6) is 0 Å². The number of aromatic amines is 2. The molecule has 0 bridgehead atoms. The molecule has 0 aromatic carbocycles. The van der Waals surface area contributed by atoms with Gasteiger partial charge in [0.1, 0.15) is 5.52 Å². The van der Waals surface area contributed by atoms with Crippen molar-refractivity contribution in [1.82, 2.24) is 19.7 Å². The lowest BCUT2D eigenvalue weighted by Gasteiger charge is -1.92. The van der Waals surface area contributed by atoms with E-state index in [2.05, 4.69) is 15.1 Å². The summed E-state index contributed by atoms with van der Waals surface area (Å²) in [5, 5.41) is 4.21. The molecule has 0 aliphatic heterocycles. The first-order valence-electron chi connectivity index (χ1n) is 4.81. The Bertz CT molecular complexity index is 605. The molecule has 6 nitrogen and oxygen atoms in total. The van der Waals surface area contributed by atoms with Gasteiger partial charge >= 0.3 is 5.69 Å². The van der Waals surface area contributed by atoms with Gasteiger partial charge in [-0.2, -0.15) is 5.10 Å². The molecule has 0 saturated heterocycles. The van der Waals surface area contributed by atoms with Crippen molar-refractivity contribution in [2.45, 2.75) is 19.8 Å². The molecule has 0 aliphatic carbocycles. The van der Waals surface area contributed by atoms with E-state index < -0.39 is 11.2 Å². The summed E-state index contributed by atoms with van der Waals surface area (Å²) in [5.41, 5.74) is 0.841. The van der Waals surface area contributed by atoms with Crippen molar-refractivity contribution in [3.05, 3.63) is 26.5 Å². The zero-order valence-electron chi connectivity index (χ0n) is 8.63. The van der Waals surface area contributed by atoms with Crippen LogP contribution in [0.2, 0.25) is 0 Å². The van der Waals surface area contributed by atoms with Gasteiger partial charge < -0.3 is 4.98 Å². The van der Waals surface area contributed by atoms with Crippen molar-refractivity contribution in [3.63, 3.8) is 0 Å². The Kier molecular flexibility index (Phi) is 2.18. The van der Waals surface area contributed by atoms with E-state index in [-0.39, 0.29) is 0 Å². The zero-order chi connectivity index (χ0) is 11.0. The van der Waals surface area contributed by atoms with E-state index in [1.165, 1.54) is 4.68 Å². The molecule has 0 saturated carbocycles. The van der Waals surface area contributed by atoms with Gasteiger partial charge in [-0.15, -0.1) is 0 Å². The normalized spacial score (nSPS) is 11.1. The van der Waals surface area contributed by atoms with E-state index in [0.29, 0.717) is 11.0 Å². The summed E-state index contributed by atoms with van der Waals surface area (Å²) in [6.45, 7) is 2.02. The first-order chi connectivity index (χ1) is 7.13. The van der Waals surface area contributed by atoms with Crippen LogP contribution in [-0.4, -0.2) is 19.7 Å². The Labute approximate surface area is 84.9 Å². The number of aromatic nitrogens is 4. The van der Waals surface area contributed by atoms with E-state index in [0.717, 1.165) is 18.5 Å². The predicted molar refractivity (Wildman–Crippen MR) is 56.0 cm³/mol. The quantitative estimate of drug-likeness (QED) is 0.723. The molecule has 0 aliphatic rings. The number of hydrogen-bond donors (Lipinski definition) is 2. The van der Waals surface area contributed by atoms with Gasteiger partial charge in [-0.25, -0.2) is 4.79 Å². The van der Waals surface area contributed by atoms with Crippen LogP contribution in [0.1, 0.15) is 19.0 Å². The summed E-state index contributed by atoms with van der Waals surface area (Å²) < 4.78 is 1.50. The third-order valence-corrected chi connectivity index (χ3v) is 2.29. The van der Waals surface area contributed by atoms with Crippen molar-refractivity contribution < 1.29 is 0 Å². The first kappa shape index (κ1) is 9.70. The largest absolute Gasteiger partial charge is 0.326 e. The maximum absolute atomic E-state index is 11.5. The van der Waals surface area contributed by atoms with Gasteiger partial charge in [0.05, 0.1) is 11.2 Å². The molecule has 2 rings (SSSR count). The van der Waals surface area contributed by atoms with Crippen LogP contribution < -0.4 is 11.2 Å². The molecule has 15 heavy (non-hydrogen) atoms. The summed E-state index contributed by atoms with van der Waals surface area (Å²) in [5.74, 6) is 0. The molecule has 0 amide bonds. The highest BCUT2D eigenvalue weighted by Gasteiger charge is 2.11. The van der Waals surface area contributed by atoms with Crippen LogP contribution in [0.15, 0.2) is 9.59 Å². The Morgan fingerprint density at radius 3 is 2.73 bits per heavy atom. The third kappa shape index (κ3) is 1.47. The summed E-state index contributed by atoms with van der Waals surface area (Å²) in [7, 11) is 1.69. The maximum atomic E-state index is 11.5. The van der Waals surface area contributed by atoms with Crippen LogP contribution in [-0.2, 0) is 13.5 Å². The lowest BCUT2D eigenvalue weighted by molar-refractivity contribution is 0.750. The average Bonchev–Trinajstić information content (AvgIpc) is 2.43. The molecule has 2 aromatic rings. The van der Waals surface area contributed by atoms with Crippen molar-refractivity contribution >= 4 is 11.0 Å².